The largest absolute Gasteiger partial charge is 0.481 e. The summed E-state index contributed by atoms with van der Waals surface area (Å²) in [6, 6.07) is 4.20. The van der Waals surface area contributed by atoms with Gasteiger partial charge in [-0.1, -0.05) is 17.7 Å². The van der Waals surface area contributed by atoms with Crippen LogP contribution in [0.3, 0.4) is 0 Å². The summed E-state index contributed by atoms with van der Waals surface area (Å²) in [5, 5.41) is 11.5. The lowest BCUT2D eigenvalue weighted by Crippen LogP contribution is -2.00. The fourth-order valence-electron chi connectivity index (χ4n) is 1.49. The molecule has 18 heavy (non-hydrogen) atoms. The number of hydrogen-bond donors (Lipinski definition) is 1. The minimum absolute atomic E-state index is 0.0896. The molecule has 3 nitrogen and oxygen atoms in total. The molecular formula is C12H9ClFNO2S. The molecule has 1 aromatic heterocycles. The zero-order chi connectivity index (χ0) is 13.1. The third kappa shape index (κ3) is 3.27. The van der Waals surface area contributed by atoms with Crippen LogP contribution in [0.15, 0.2) is 23.6 Å². The number of aliphatic carboxylic acids is 1. The van der Waals surface area contributed by atoms with Crippen LogP contribution in [0.2, 0.25) is 5.02 Å². The maximum Gasteiger partial charge on any atom is 0.309 e. The van der Waals surface area contributed by atoms with Crippen LogP contribution in [0, 0.1) is 5.82 Å². The minimum atomic E-state index is -0.910. The van der Waals surface area contributed by atoms with Crippen molar-refractivity contribution in [2.75, 3.05) is 0 Å². The topological polar surface area (TPSA) is 50.2 Å². The molecule has 0 spiro atoms. The smallest absolute Gasteiger partial charge is 0.309 e. The predicted octanol–water partition coefficient (Wildman–Crippen LogP) is 3.15. The maximum atomic E-state index is 12.9. The van der Waals surface area contributed by atoms with E-state index in [1.165, 1.54) is 23.5 Å². The van der Waals surface area contributed by atoms with Gasteiger partial charge < -0.3 is 5.11 Å². The van der Waals surface area contributed by atoms with Crippen LogP contribution in [0.1, 0.15) is 16.3 Å². The highest BCUT2D eigenvalue weighted by molar-refractivity contribution is 7.09. The van der Waals surface area contributed by atoms with Gasteiger partial charge in [0.1, 0.15) is 5.82 Å². The summed E-state index contributed by atoms with van der Waals surface area (Å²) in [5.41, 5.74) is 1.30. The van der Waals surface area contributed by atoms with Crippen molar-refractivity contribution in [2.24, 2.45) is 0 Å². The van der Waals surface area contributed by atoms with E-state index < -0.39 is 5.97 Å². The van der Waals surface area contributed by atoms with E-state index in [1.807, 2.05) is 0 Å². The molecule has 0 saturated carbocycles. The molecule has 6 heteroatoms. The standard InChI is InChI=1S/C12H9ClFNO2S/c13-10-4-8(14)2-1-7(10)3-11-15-9(6-18-11)5-12(16)17/h1-2,4,6H,3,5H2,(H,16,17). The summed E-state index contributed by atoms with van der Waals surface area (Å²) >= 11 is 7.29. The molecule has 0 fully saturated rings. The van der Waals surface area contributed by atoms with Crippen molar-refractivity contribution in [1.29, 1.82) is 0 Å². The molecule has 0 atom stereocenters. The monoisotopic (exact) mass is 285 g/mol. The van der Waals surface area contributed by atoms with Crippen molar-refractivity contribution in [2.45, 2.75) is 12.8 Å². The number of rotatable bonds is 4. The lowest BCUT2D eigenvalue weighted by atomic mass is 10.1. The zero-order valence-corrected chi connectivity index (χ0v) is 10.8. The minimum Gasteiger partial charge on any atom is -0.481 e. The molecule has 0 unspecified atom stereocenters. The average Bonchev–Trinajstić information content (AvgIpc) is 2.69. The van der Waals surface area contributed by atoms with Gasteiger partial charge in [0.05, 0.1) is 17.1 Å². The fourth-order valence-corrected chi connectivity index (χ4v) is 2.55. The Morgan fingerprint density at radius 1 is 1.50 bits per heavy atom. The van der Waals surface area contributed by atoms with Gasteiger partial charge in [-0.15, -0.1) is 11.3 Å². The second-order valence-electron chi connectivity index (χ2n) is 3.72. The molecule has 0 aliphatic heterocycles. The number of aromatic nitrogens is 1. The maximum absolute atomic E-state index is 12.9. The van der Waals surface area contributed by atoms with Gasteiger partial charge in [0.15, 0.2) is 0 Å². The first-order valence-corrected chi connectivity index (χ1v) is 6.39. The summed E-state index contributed by atoms with van der Waals surface area (Å²) in [6.07, 6.45) is 0.386. The molecule has 0 amide bonds. The highest BCUT2D eigenvalue weighted by Gasteiger charge is 2.09. The van der Waals surface area contributed by atoms with E-state index in [9.17, 15) is 9.18 Å². The summed E-state index contributed by atoms with van der Waals surface area (Å²) in [5.74, 6) is -1.29. The van der Waals surface area contributed by atoms with Crippen LogP contribution in [-0.4, -0.2) is 16.1 Å². The van der Waals surface area contributed by atoms with Crippen molar-refractivity contribution in [1.82, 2.24) is 4.98 Å². The molecular weight excluding hydrogens is 277 g/mol. The number of thiazole rings is 1. The summed E-state index contributed by atoms with van der Waals surface area (Å²) in [6.45, 7) is 0. The van der Waals surface area contributed by atoms with E-state index in [4.69, 9.17) is 16.7 Å². The SMILES string of the molecule is O=C(O)Cc1csc(Cc2ccc(F)cc2Cl)n1. The Hall–Kier alpha value is -1.46. The van der Waals surface area contributed by atoms with Crippen LogP contribution >= 0.6 is 22.9 Å². The number of benzene rings is 1. The van der Waals surface area contributed by atoms with Crippen molar-refractivity contribution in [3.8, 4) is 0 Å². The van der Waals surface area contributed by atoms with Gasteiger partial charge in [-0.25, -0.2) is 9.37 Å². The average molecular weight is 286 g/mol. The van der Waals surface area contributed by atoms with E-state index in [1.54, 1.807) is 11.4 Å². The second-order valence-corrected chi connectivity index (χ2v) is 5.07. The Bertz CT molecular complexity index is 585. The molecule has 1 N–H and O–H groups in total. The van der Waals surface area contributed by atoms with Crippen molar-refractivity contribution in [3.63, 3.8) is 0 Å². The first-order valence-electron chi connectivity index (χ1n) is 5.13. The van der Waals surface area contributed by atoms with E-state index in [0.717, 1.165) is 10.6 Å². The molecule has 2 rings (SSSR count). The summed E-state index contributed by atoms with van der Waals surface area (Å²) < 4.78 is 12.9. The van der Waals surface area contributed by atoms with Gasteiger partial charge in [0.25, 0.3) is 0 Å². The first-order chi connectivity index (χ1) is 8.54. The normalized spacial score (nSPS) is 10.6. The number of hydrogen-bond acceptors (Lipinski definition) is 3. The van der Waals surface area contributed by atoms with E-state index >= 15 is 0 Å². The van der Waals surface area contributed by atoms with Crippen LogP contribution < -0.4 is 0 Å². The van der Waals surface area contributed by atoms with Crippen molar-refractivity contribution >= 4 is 28.9 Å². The molecule has 0 aliphatic rings. The highest BCUT2D eigenvalue weighted by Crippen LogP contribution is 2.22. The molecule has 0 aliphatic carbocycles. The van der Waals surface area contributed by atoms with Gasteiger partial charge in [-0.2, -0.15) is 0 Å². The molecule has 0 radical (unpaired) electrons. The molecule has 0 saturated heterocycles. The van der Waals surface area contributed by atoms with E-state index in [-0.39, 0.29) is 12.2 Å². The van der Waals surface area contributed by atoms with Crippen LogP contribution in [-0.2, 0) is 17.6 Å². The van der Waals surface area contributed by atoms with Gasteiger partial charge in [-0.3, -0.25) is 4.79 Å². The van der Waals surface area contributed by atoms with Crippen LogP contribution in [0.5, 0.6) is 0 Å². The summed E-state index contributed by atoms with van der Waals surface area (Å²) in [7, 11) is 0. The second kappa shape index (κ2) is 5.46. The Balaban J connectivity index is 2.13. The van der Waals surface area contributed by atoms with Crippen molar-refractivity contribution < 1.29 is 14.3 Å². The van der Waals surface area contributed by atoms with Crippen LogP contribution in [0.4, 0.5) is 4.39 Å². The van der Waals surface area contributed by atoms with Gasteiger partial charge in [0, 0.05) is 16.8 Å². The Morgan fingerprint density at radius 2 is 2.28 bits per heavy atom. The number of nitrogens with zero attached hydrogens (tertiary/aromatic N) is 1. The molecule has 94 valence electrons. The molecule has 1 heterocycles. The Morgan fingerprint density at radius 3 is 2.94 bits per heavy atom. The lowest BCUT2D eigenvalue weighted by molar-refractivity contribution is -0.136. The number of carboxylic acid groups (broad SMARTS) is 1. The van der Waals surface area contributed by atoms with E-state index in [0.29, 0.717) is 17.1 Å². The predicted molar refractivity (Wildman–Crippen MR) is 67.7 cm³/mol. The van der Waals surface area contributed by atoms with Crippen molar-refractivity contribution in [3.05, 3.63) is 50.7 Å². The number of halogens is 2. The molecule has 2 aromatic rings. The Labute approximate surface area is 112 Å². The third-order valence-electron chi connectivity index (χ3n) is 2.29. The quantitative estimate of drug-likeness (QED) is 0.939. The molecule has 0 bridgehead atoms. The highest BCUT2D eigenvalue weighted by atomic mass is 35.5. The van der Waals surface area contributed by atoms with Gasteiger partial charge in [-0.05, 0) is 17.7 Å². The first kappa shape index (κ1) is 13.0. The Kier molecular flexibility index (Phi) is 3.93. The van der Waals surface area contributed by atoms with Gasteiger partial charge in [0.2, 0.25) is 0 Å². The number of carboxylic acids is 1. The lowest BCUT2D eigenvalue weighted by Gasteiger charge is -2.01. The zero-order valence-electron chi connectivity index (χ0n) is 9.19. The number of carbonyl (C=O) groups is 1. The third-order valence-corrected chi connectivity index (χ3v) is 3.54. The van der Waals surface area contributed by atoms with E-state index in [2.05, 4.69) is 4.98 Å². The summed E-state index contributed by atoms with van der Waals surface area (Å²) in [4.78, 5) is 14.7. The fraction of sp³-hybridized carbons (Fsp3) is 0.167. The molecule has 1 aromatic carbocycles. The van der Waals surface area contributed by atoms with Gasteiger partial charge >= 0.3 is 5.97 Å². The van der Waals surface area contributed by atoms with Crippen LogP contribution in [0.25, 0.3) is 0 Å².